The van der Waals surface area contributed by atoms with E-state index >= 15 is 0 Å². The summed E-state index contributed by atoms with van der Waals surface area (Å²) in [5, 5.41) is 20.0. The van der Waals surface area contributed by atoms with Crippen molar-refractivity contribution in [3.05, 3.63) is 264 Å². The Bertz CT molecular complexity index is 4310. The highest BCUT2D eigenvalue weighted by molar-refractivity contribution is 9.11. The first-order chi connectivity index (χ1) is 45.6. The predicted molar refractivity (Wildman–Crippen MR) is 380 cm³/mol. The van der Waals surface area contributed by atoms with E-state index in [1.54, 1.807) is 164 Å². The first kappa shape index (κ1) is 66.6. The predicted octanol–water partition coefficient (Wildman–Crippen LogP) is 13.7. The molecule has 3 aromatic heterocycles. The van der Waals surface area contributed by atoms with Gasteiger partial charge in [0.25, 0.3) is 35.4 Å². The zero-order valence-electron chi connectivity index (χ0n) is 51.0. The van der Waals surface area contributed by atoms with Crippen LogP contribution in [-0.2, 0) is 0 Å². The standard InChI is InChI=1S/C24H22BrN5O2.C24H21BrN4O2.C23H20BrN5O2/c1-30-14-4-13-26-22(30)16-7-9-17(10-8-16)23(31)28-20-6-3-2-5-19(20)24(32)29-21-12-11-18(25)15-27-21;1-15-12-13-26-22(15)16-6-8-17(9-7-16)23(30)28-20-5-3-2-4-19(20)24(31)29-21-11-10-18(25)14-27-21;24-17-10-11-20(27-14-17)29-23(31)18-4-1-2-5-19(18)28-22(30)16-8-6-15(7-9-16)21-25-12-3-13-26-21/h2-3,5-12,15H,4,13-14H2,1H3,(H,28,31)(H,27,29,32);2-11,14-15H,12-13H2,1H3,(H,28,30)(H,27,29,31);1-2,4-11,14H,3,12-13H2,(H,25,26)(H,28,30)(H,27,29,31). The van der Waals surface area contributed by atoms with Crippen molar-refractivity contribution < 1.29 is 28.8 Å². The number of amides is 6. The average molecular weight is 1450 g/mol. The van der Waals surface area contributed by atoms with Crippen molar-refractivity contribution in [2.75, 3.05) is 71.7 Å². The number of nitrogens with zero attached hydrogens (tertiary/aromatic N) is 7. The van der Waals surface area contributed by atoms with Gasteiger partial charge in [0.15, 0.2) is 0 Å². The van der Waals surface area contributed by atoms with E-state index in [2.05, 4.69) is 127 Å². The lowest BCUT2D eigenvalue weighted by atomic mass is 9.97. The number of carbonyl (C=O) groups is 6. The molecule has 94 heavy (non-hydrogen) atoms. The Hall–Kier alpha value is -10.4. The van der Waals surface area contributed by atoms with Crippen molar-refractivity contribution in [2.45, 2.75) is 26.2 Å². The number of carbonyl (C=O) groups excluding carboxylic acids is 6. The number of halogens is 3. The Balaban J connectivity index is 0.000000154. The smallest absolute Gasteiger partial charge is 0.258 e. The summed E-state index contributed by atoms with van der Waals surface area (Å²) in [6.07, 6.45) is 7.93. The highest BCUT2D eigenvalue weighted by Crippen LogP contribution is 2.25. The van der Waals surface area contributed by atoms with Crippen molar-refractivity contribution in [1.29, 1.82) is 0 Å². The molecule has 0 aliphatic carbocycles. The Morgan fingerprint density at radius 3 is 1.18 bits per heavy atom. The fourth-order valence-corrected chi connectivity index (χ4v) is 10.7. The summed E-state index contributed by atoms with van der Waals surface area (Å²) < 4.78 is 2.45. The summed E-state index contributed by atoms with van der Waals surface area (Å²) in [5.74, 6) is 1.54. The number of nitrogens with one attached hydrogen (secondary N) is 7. The number of anilines is 6. The molecule has 0 saturated carbocycles. The van der Waals surface area contributed by atoms with Gasteiger partial charge >= 0.3 is 0 Å². The van der Waals surface area contributed by atoms with Crippen LogP contribution in [0.3, 0.4) is 0 Å². The van der Waals surface area contributed by atoms with Crippen molar-refractivity contribution in [3.63, 3.8) is 0 Å². The van der Waals surface area contributed by atoms with E-state index in [0.717, 1.165) is 99.5 Å². The molecule has 6 aromatic carbocycles. The summed E-state index contributed by atoms with van der Waals surface area (Å²) in [6, 6.07) is 53.0. The molecule has 474 valence electrons. The van der Waals surface area contributed by atoms with E-state index in [4.69, 9.17) is 0 Å². The summed E-state index contributed by atoms with van der Waals surface area (Å²) >= 11 is 9.94. The Labute approximate surface area is 568 Å². The molecule has 7 N–H and O–H groups in total. The Morgan fingerprint density at radius 2 is 0.819 bits per heavy atom. The van der Waals surface area contributed by atoms with Crippen LogP contribution in [0, 0.1) is 5.92 Å². The topological polar surface area (TPSA) is 266 Å². The molecule has 0 radical (unpaired) electrons. The summed E-state index contributed by atoms with van der Waals surface area (Å²) in [6.45, 7) is 6.51. The van der Waals surface area contributed by atoms with Crippen LogP contribution in [-0.4, -0.2) is 112 Å². The number of amidine groups is 2. The fourth-order valence-electron chi connectivity index (χ4n) is 10.0. The van der Waals surface area contributed by atoms with Gasteiger partial charge in [-0.05, 0) is 182 Å². The van der Waals surface area contributed by atoms with Crippen LogP contribution in [0.5, 0.6) is 0 Å². The monoisotopic (exact) mass is 1440 g/mol. The van der Waals surface area contributed by atoms with Gasteiger partial charge in [-0.15, -0.1) is 0 Å². The number of aromatic nitrogens is 3. The maximum Gasteiger partial charge on any atom is 0.258 e. The molecule has 6 amide bonds. The highest BCUT2D eigenvalue weighted by atomic mass is 79.9. The van der Waals surface area contributed by atoms with Gasteiger partial charge in [0.05, 0.1) is 33.8 Å². The van der Waals surface area contributed by atoms with Gasteiger partial charge in [-0.2, -0.15) is 0 Å². The van der Waals surface area contributed by atoms with Crippen LogP contribution < -0.4 is 37.2 Å². The number of pyridine rings is 3. The third-order valence-electron chi connectivity index (χ3n) is 14.9. The molecule has 0 bridgehead atoms. The maximum atomic E-state index is 12.8. The molecule has 3 aliphatic rings. The fraction of sp³-hybridized carbons (Fsp3) is 0.155. The zero-order valence-corrected chi connectivity index (χ0v) is 55.8. The number of aliphatic imine (C=N–C) groups is 3. The quantitative estimate of drug-likeness (QED) is 0.0507. The molecule has 0 fully saturated rings. The first-order valence-electron chi connectivity index (χ1n) is 30.0. The molecule has 12 rings (SSSR count). The summed E-state index contributed by atoms with van der Waals surface area (Å²) in [7, 11) is 2.02. The van der Waals surface area contributed by atoms with E-state index in [-0.39, 0.29) is 35.4 Å². The second kappa shape index (κ2) is 32.3. The van der Waals surface area contributed by atoms with E-state index in [9.17, 15) is 28.8 Å². The molecule has 1 atom stereocenters. The Kier molecular flexibility index (Phi) is 22.9. The van der Waals surface area contributed by atoms with Crippen molar-refractivity contribution >= 4 is 135 Å². The van der Waals surface area contributed by atoms with Gasteiger partial charge in [-0.3, -0.25) is 43.7 Å². The van der Waals surface area contributed by atoms with Crippen LogP contribution in [0.15, 0.2) is 229 Å². The first-order valence-corrected chi connectivity index (χ1v) is 32.4. The molecular weight excluding hydrogens is 1380 g/mol. The van der Waals surface area contributed by atoms with Gasteiger partial charge in [-0.25, -0.2) is 15.0 Å². The average Bonchev–Trinajstić information content (AvgIpc) is 2.03. The molecule has 23 heteroatoms. The van der Waals surface area contributed by atoms with Gasteiger partial charge in [0.1, 0.15) is 29.1 Å². The third-order valence-corrected chi connectivity index (χ3v) is 16.3. The van der Waals surface area contributed by atoms with Gasteiger partial charge < -0.3 is 42.1 Å². The second-order valence-electron chi connectivity index (χ2n) is 21.6. The van der Waals surface area contributed by atoms with Crippen LogP contribution in [0.25, 0.3) is 0 Å². The van der Waals surface area contributed by atoms with Crippen molar-refractivity contribution in [3.8, 4) is 0 Å². The minimum Gasteiger partial charge on any atom is -0.370 e. The van der Waals surface area contributed by atoms with Crippen LogP contribution in [0.4, 0.5) is 34.5 Å². The molecule has 0 spiro atoms. The lowest BCUT2D eigenvalue weighted by Crippen LogP contribution is -2.32. The molecule has 1 unspecified atom stereocenters. The highest BCUT2D eigenvalue weighted by Gasteiger charge is 2.22. The lowest BCUT2D eigenvalue weighted by Gasteiger charge is -2.25. The number of para-hydroxylation sites is 3. The number of benzene rings is 6. The van der Waals surface area contributed by atoms with Crippen molar-refractivity contribution in [2.24, 2.45) is 20.9 Å². The zero-order chi connectivity index (χ0) is 65.9. The molecule has 3 aliphatic heterocycles. The lowest BCUT2D eigenvalue weighted by molar-refractivity contribution is 0.101. The molecule has 0 saturated heterocycles. The molecule has 6 heterocycles. The SMILES string of the molecule is CC1CCN=C1c1ccc(C(=O)Nc2ccccc2C(=O)Nc2ccc(Br)cn2)cc1.CN1CCCN=C1c1ccc(C(=O)Nc2ccccc2C(=O)Nc2ccc(Br)cn2)cc1.O=C(Nc1ccccc1C(=O)Nc1ccc(Br)cn1)c1ccc(C2=NCCCN2)cc1. The van der Waals surface area contributed by atoms with Gasteiger partial charge in [0.2, 0.25) is 0 Å². The third kappa shape index (κ3) is 18.0. The van der Waals surface area contributed by atoms with Crippen LogP contribution in [0.2, 0.25) is 0 Å². The van der Waals surface area contributed by atoms with E-state index in [1.165, 1.54) is 0 Å². The van der Waals surface area contributed by atoms with Crippen LogP contribution in [0.1, 0.15) is 105 Å². The largest absolute Gasteiger partial charge is 0.370 e. The maximum absolute atomic E-state index is 12.8. The van der Waals surface area contributed by atoms with E-state index in [0.29, 0.717) is 73.8 Å². The van der Waals surface area contributed by atoms with Crippen molar-refractivity contribution in [1.82, 2.24) is 25.2 Å². The number of rotatable bonds is 15. The van der Waals surface area contributed by atoms with E-state index < -0.39 is 0 Å². The van der Waals surface area contributed by atoms with Gasteiger partial charge in [0, 0.05) is 111 Å². The molecule has 20 nitrogen and oxygen atoms in total. The van der Waals surface area contributed by atoms with Crippen LogP contribution >= 0.6 is 47.8 Å². The molecule has 9 aromatic rings. The number of hydrogen-bond donors (Lipinski definition) is 7. The minimum atomic E-state index is -0.359. The minimum absolute atomic E-state index is 0.282. The summed E-state index contributed by atoms with van der Waals surface area (Å²) in [5.41, 5.74) is 7.88. The molecular formula is C71H63Br3N14O6. The van der Waals surface area contributed by atoms with E-state index in [1.807, 2.05) is 43.4 Å². The second-order valence-corrected chi connectivity index (χ2v) is 24.4. The normalized spacial score (nSPS) is 13.9. The summed E-state index contributed by atoms with van der Waals surface area (Å²) in [4.78, 5) is 105. The Morgan fingerprint density at radius 1 is 0.426 bits per heavy atom. The number of hydrogen-bond acceptors (Lipinski definition) is 14. The van der Waals surface area contributed by atoms with Gasteiger partial charge in [-0.1, -0.05) is 79.7 Å².